The standard InChI is InChI=1S/C20H25N5O3.ClH/c26-18-6-2-1-5-16(18)19(27)23-10-12-24(13-11-23)20(28)17-7-9-25(22-17)15-4-3-8-21-14-15;/h1-2,5-7,9,15,21,26H,3-4,8,10-14H2;1H. The van der Waals surface area contributed by atoms with E-state index in [1.165, 1.54) is 6.07 Å². The topological polar surface area (TPSA) is 90.7 Å². The van der Waals surface area contributed by atoms with Gasteiger partial charge >= 0.3 is 0 Å². The van der Waals surface area contributed by atoms with Gasteiger partial charge in [0.2, 0.25) is 0 Å². The third-order valence-corrected chi connectivity index (χ3v) is 5.46. The Hall–Kier alpha value is -2.58. The molecular weight excluding hydrogens is 394 g/mol. The van der Waals surface area contributed by atoms with Gasteiger partial charge < -0.3 is 20.2 Å². The highest BCUT2D eigenvalue weighted by Crippen LogP contribution is 2.20. The maximum absolute atomic E-state index is 12.8. The number of nitrogens with one attached hydrogen (secondary N) is 1. The van der Waals surface area contributed by atoms with Gasteiger partial charge in [0.05, 0.1) is 11.6 Å². The van der Waals surface area contributed by atoms with E-state index in [9.17, 15) is 14.7 Å². The second-order valence-electron chi connectivity index (χ2n) is 7.28. The number of phenolic OH excluding ortho intramolecular Hbond substituents is 1. The van der Waals surface area contributed by atoms with Gasteiger partial charge in [0.25, 0.3) is 11.8 Å². The number of hydrogen-bond donors (Lipinski definition) is 2. The lowest BCUT2D eigenvalue weighted by molar-refractivity contribution is 0.0530. The van der Waals surface area contributed by atoms with E-state index in [4.69, 9.17) is 0 Å². The fourth-order valence-corrected chi connectivity index (χ4v) is 3.81. The van der Waals surface area contributed by atoms with Crippen molar-refractivity contribution in [3.8, 4) is 5.75 Å². The summed E-state index contributed by atoms with van der Waals surface area (Å²) in [5.41, 5.74) is 0.744. The van der Waals surface area contributed by atoms with Crippen LogP contribution in [0.5, 0.6) is 5.75 Å². The number of nitrogens with zero attached hydrogens (tertiary/aromatic N) is 4. The molecule has 4 rings (SSSR count). The predicted molar refractivity (Wildman–Crippen MR) is 111 cm³/mol. The number of aromatic hydroxyl groups is 1. The number of carbonyl (C=O) groups is 2. The molecule has 29 heavy (non-hydrogen) atoms. The van der Waals surface area contributed by atoms with Gasteiger partial charge in [0.15, 0.2) is 0 Å². The quantitative estimate of drug-likeness (QED) is 0.787. The van der Waals surface area contributed by atoms with Crippen LogP contribution in [-0.2, 0) is 0 Å². The molecule has 0 spiro atoms. The highest BCUT2D eigenvalue weighted by Gasteiger charge is 2.28. The van der Waals surface area contributed by atoms with Gasteiger partial charge in [-0.05, 0) is 37.6 Å². The molecule has 0 saturated carbocycles. The number of piperidine rings is 1. The first-order valence-corrected chi connectivity index (χ1v) is 9.76. The van der Waals surface area contributed by atoms with Crippen molar-refractivity contribution in [1.29, 1.82) is 0 Å². The molecule has 2 N–H and O–H groups in total. The summed E-state index contributed by atoms with van der Waals surface area (Å²) in [6, 6.07) is 8.60. The summed E-state index contributed by atoms with van der Waals surface area (Å²) in [7, 11) is 0. The summed E-state index contributed by atoms with van der Waals surface area (Å²) in [5, 5.41) is 17.7. The molecule has 0 bridgehead atoms. The summed E-state index contributed by atoms with van der Waals surface area (Å²) in [6.45, 7) is 3.69. The molecule has 1 aromatic carbocycles. The van der Waals surface area contributed by atoms with Crippen molar-refractivity contribution in [3.05, 3.63) is 47.8 Å². The smallest absolute Gasteiger partial charge is 0.274 e. The number of piperazine rings is 1. The molecule has 2 amide bonds. The van der Waals surface area contributed by atoms with Crippen molar-refractivity contribution in [2.45, 2.75) is 18.9 Å². The number of para-hydroxylation sites is 1. The van der Waals surface area contributed by atoms with Gasteiger partial charge in [-0.25, -0.2) is 0 Å². The van der Waals surface area contributed by atoms with Gasteiger partial charge in [-0.15, -0.1) is 12.4 Å². The third-order valence-electron chi connectivity index (χ3n) is 5.46. The van der Waals surface area contributed by atoms with E-state index in [0.717, 1.165) is 25.9 Å². The Morgan fingerprint density at radius 3 is 2.38 bits per heavy atom. The zero-order valence-corrected chi connectivity index (χ0v) is 17.0. The molecule has 1 aromatic heterocycles. The normalized spacial score (nSPS) is 19.5. The van der Waals surface area contributed by atoms with E-state index >= 15 is 0 Å². The zero-order valence-electron chi connectivity index (χ0n) is 16.2. The summed E-state index contributed by atoms with van der Waals surface area (Å²) in [6.07, 6.45) is 4.05. The second-order valence-corrected chi connectivity index (χ2v) is 7.28. The van der Waals surface area contributed by atoms with Crippen LogP contribution in [0.3, 0.4) is 0 Å². The molecule has 0 aliphatic carbocycles. The first kappa shape index (κ1) is 21.1. The number of phenols is 1. The number of aromatic nitrogens is 2. The van der Waals surface area contributed by atoms with Crippen molar-refractivity contribution in [3.63, 3.8) is 0 Å². The Labute approximate surface area is 175 Å². The molecule has 3 heterocycles. The van der Waals surface area contributed by atoms with Crippen LogP contribution in [0.15, 0.2) is 36.5 Å². The fourth-order valence-electron chi connectivity index (χ4n) is 3.81. The van der Waals surface area contributed by atoms with Gasteiger partial charge in [-0.2, -0.15) is 5.10 Å². The Kier molecular flexibility index (Phi) is 6.76. The van der Waals surface area contributed by atoms with Crippen molar-refractivity contribution >= 4 is 24.2 Å². The first-order valence-electron chi connectivity index (χ1n) is 9.76. The Morgan fingerprint density at radius 1 is 1.03 bits per heavy atom. The lowest BCUT2D eigenvalue weighted by Gasteiger charge is -2.34. The molecule has 2 aliphatic rings. The Bertz CT molecular complexity index is 857. The van der Waals surface area contributed by atoms with Crippen LogP contribution in [-0.4, -0.2) is 75.8 Å². The van der Waals surface area contributed by atoms with Crippen LogP contribution < -0.4 is 5.32 Å². The minimum atomic E-state index is -0.209. The van der Waals surface area contributed by atoms with Crippen LogP contribution in [0.4, 0.5) is 0 Å². The van der Waals surface area contributed by atoms with Crippen molar-refractivity contribution in [1.82, 2.24) is 24.9 Å². The summed E-state index contributed by atoms with van der Waals surface area (Å²) >= 11 is 0. The van der Waals surface area contributed by atoms with E-state index in [-0.39, 0.29) is 30.0 Å². The maximum atomic E-state index is 12.8. The summed E-state index contributed by atoms with van der Waals surface area (Å²) in [4.78, 5) is 28.8. The van der Waals surface area contributed by atoms with Gasteiger partial charge in [-0.3, -0.25) is 14.3 Å². The fraction of sp³-hybridized carbons (Fsp3) is 0.450. The number of rotatable bonds is 3. The van der Waals surface area contributed by atoms with Gasteiger partial charge in [0.1, 0.15) is 11.4 Å². The summed E-state index contributed by atoms with van der Waals surface area (Å²) in [5.74, 6) is -0.329. The molecule has 1 unspecified atom stereocenters. The van der Waals surface area contributed by atoms with Crippen molar-refractivity contribution < 1.29 is 14.7 Å². The summed E-state index contributed by atoms with van der Waals surface area (Å²) < 4.78 is 1.89. The van der Waals surface area contributed by atoms with Crippen molar-refractivity contribution in [2.75, 3.05) is 39.3 Å². The number of carbonyl (C=O) groups excluding carboxylic acids is 2. The third kappa shape index (κ3) is 4.54. The average molecular weight is 420 g/mol. The predicted octanol–water partition coefficient (Wildman–Crippen LogP) is 1.53. The number of amides is 2. The number of hydrogen-bond acceptors (Lipinski definition) is 5. The second kappa shape index (κ2) is 9.28. The van der Waals surface area contributed by atoms with Crippen LogP contribution >= 0.6 is 12.4 Å². The molecule has 8 nitrogen and oxygen atoms in total. The van der Waals surface area contributed by atoms with E-state index in [1.807, 2.05) is 10.9 Å². The van der Waals surface area contributed by atoms with E-state index in [2.05, 4.69) is 10.4 Å². The Morgan fingerprint density at radius 2 is 1.72 bits per heavy atom. The number of halogens is 1. The molecule has 2 aliphatic heterocycles. The maximum Gasteiger partial charge on any atom is 0.274 e. The largest absolute Gasteiger partial charge is 0.507 e. The highest BCUT2D eigenvalue weighted by molar-refractivity contribution is 5.97. The molecule has 0 radical (unpaired) electrons. The molecule has 156 valence electrons. The van der Waals surface area contributed by atoms with E-state index < -0.39 is 0 Å². The lowest BCUT2D eigenvalue weighted by Crippen LogP contribution is -2.50. The monoisotopic (exact) mass is 419 g/mol. The van der Waals surface area contributed by atoms with Gasteiger partial charge in [-0.1, -0.05) is 12.1 Å². The SMILES string of the molecule is Cl.O=C(c1ccn(C2CCCNC2)n1)N1CCN(C(=O)c2ccccc2O)CC1. The first-order chi connectivity index (χ1) is 13.6. The molecule has 9 heteroatoms. The van der Waals surface area contributed by atoms with E-state index in [0.29, 0.717) is 43.5 Å². The Balaban J connectivity index is 0.00000240. The minimum Gasteiger partial charge on any atom is -0.507 e. The average Bonchev–Trinajstić information content (AvgIpc) is 3.24. The molecule has 1 atom stereocenters. The van der Waals surface area contributed by atoms with Crippen LogP contribution in [0.2, 0.25) is 0 Å². The molecular formula is C20H26ClN5O3. The zero-order chi connectivity index (χ0) is 19.5. The van der Waals surface area contributed by atoms with Gasteiger partial charge in [0, 0.05) is 38.9 Å². The number of benzene rings is 1. The highest BCUT2D eigenvalue weighted by atomic mass is 35.5. The molecule has 2 saturated heterocycles. The molecule has 2 fully saturated rings. The van der Waals surface area contributed by atoms with E-state index in [1.54, 1.807) is 34.1 Å². The van der Waals surface area contributed by atoms with Crippen LogP contribution in [0.1, 0.15) is 39.7 Å². The van der Waals surface area contributed by atoms with Crippen molar-refractivity contribution in [2.24, 2.45) is 0 Å². The molecule has 2 aromatic rings. The minimum absolute atomic E-state index is 0. The van der Waals surface area contributed by atoms with Crippen LogP contribution in [0.25, 0.3) is 0 Å². The lowest BCUT2D eigenvalue weighted by atomic mass is 10.1. The van der Waals surface area contributed by atoms with Crippen LogP contribution in [0, 0.1) is 0 Å².